The van der Waals surface area contributed by atoms with Crippen molar-refractivity contribution < 1.29 is 18.0 Å². The van der Waals surface area contributed by atoms with Gasteiger partial charge in [0.05, 0.1) is 17.0 Å². The molecule has 0 radical (unpaired) electrons. The van der Waals surface area contributed by atoms with Crippen molar-refractivity contribution in [3.63, 3.8) is 0 Å². The number of hydrogen-bond donors (Lipinski definition) is 1. The van der Waals surface area contributed by atoms with Crippen LogP contribution in [0.1, 0.15) is 18.9 Å². The molecule has 1 N–H and O–H groups in total. The van der Waals surface area contributed by atoms with Gasteiger partial charge in [-0.15, -0.1) is 0 Å². The zero-order valence-corrected chi connectivity index (χ0v) is 19.8. The second-order valence-electron chi connectivity index (χ2n) is 6.87. The van der Waals surface area contributed by atoms with Gasteiger partial charge in [-0.1, -0.05) is 60.5 Å². The lowest BCUT2D eigenvalue weighted by atomic mass is 10.1. The van der Waals surface area contributed by atoms with E-state index >= 15 is 0 Å². The van der Waals surface area contributed by atoms with Gasteiger partial charge in [0.15, 0.2) is 0 Å². The monoisotopic (exact) mass is 485 g/mol. The lowest BCUT2D eigenvalue weighted by Gasteiger charge is -2.33. The molecule has 0 fully saturated rings. The van der Waals surface area contributed by atoms with Crippen molar-refractivity contribution in [1.29, 1.82) is 0 Å². The third-order valence-corrected chi connectivity index (χ3v) is 6.55. The summed E-state index contributed by atoms with van der Waals surface area (Å²) >= 11 is 12.5. The predicted molar refractivity (Wildman–Crippen MR) is 124 cm³/mol. The number of likely N-dealkylation sites (N-methyl/N-ethyl adjacent to an activating group) is 1. The Balaban J connectivity index is 2.46. The Hall–Kier alpha value is -2.29. The van der Waals surface area contributed by atoms with Crippen LogP contribution in [0.15, 0.2) is 48.5 Å². The number of carbonyl (C=O) groups excluding carboxylic acids is 2. The van der Waals surface area contributed by atoms with Crippen molar-refractivity contribution in [3.05, 3.63) is 64.1 Å². The van der Waals surface area contributed by atoms with Crippen LogP contribution < -0.4 is 9.62 Å². The van der Waals surface area contributed by atoms with Gasteiger partial charge >= 0.3 is 0 Å². The Labute approximate surface area is 193 Å². The van der Waals surface area contributed by atoms with Gasteiger partial charge in [0, 0.05) is 18.6 Å². The highest BCUT2D eigenvalue weighted by atomic mass is 35.5. The van der Waals surface area contributed by atoms with Crippen molar-refractivity contribution in [2.24, 2.45) is 0 Å². The first-order valence-electron chi connectivity index (χ1n) is 9.56. The summed E-state index contributed by atoms with van der Waals surface area (Å²) in [4.78, 5) is 27.2. The second-order valence-corrected chi connectivity index (χ2v) is 9.59. The predicted octanol–water partition coefficient (Wildman–Crippen LogP) is 3.31. The standard InChI is InChI=1S/C21H25Cl2N3O4S/c1-4-18(21(28)24-2)25(13-15-9-5-6-10-16(15)22)20(27)14-26(31(3,29)30)19-12-8-7-11-17(19)23/h5-12,18H,4,13-14H2,1-3H3,(H,24,28)/t18-/m1/s1. The van der Waals surface area contributed by atoms with E-state index in [4.69, 9.17) is 23.2 Å². The number of halogens is 2. The molecule has 0 aliphatic carbocycles. The van der Waals surface area contributed by atoms with E-state index in [1.807, 2.05) is 0 Å². The maximum Gasteiger partial charge on any atom is 0.244 e. The molecular weight excluding hydrogens is 461 g/mol. The minimum absolute atomic E-state index is 0.0462. The van der Waals surface area contributed by atoms with Gasteiger partial charge in [0.25, 0.3) is 0 Å². The lowest BCUT2D eigenvalue weighted by Crippen LogP contribution is -2.51. The van der Waals surface area contributed by atoms with E-state index in [-0.39, 0.29) is 23.2 Å². The third kappa shape index (κ3) is 6.35. The van der Waals surface area contributed by atoms with Gasteiger partial charge in [-0.25, -0.2) is 8.42 Å². The molecule has 0 saturated heterocycles. The molecule has 0 saturated carbocycles. The number of rotatable bonds is 9. The van der Waals surface area contributed by atoms with Crippen molar-refractivity contribution in [3.8, 4) is 0 Å². The minimum Gasteiger partial charge on any atom is -0.357 e. The maximum atomic E-state index is 13.4. The van der Waals surface area contributed by atoms with Gasteiger partial charge in [-0.2, -0.15) is 0 Å². The molecule has 168 valence electrons. The maximum absolute atomic E-state index is 13.4. The SMILES string of the molecule is CC[C@H](C(=O)NC)N(Cc1ccccc1Cl)C(=O)CN(c1ccccc1Cl)S(C)(=O)=O. The van der Waals surface area contributed by atoms with E-state index in [9.17, 15) is 18.0 Å². The van der Waals surface area contributed by atoms with Crippen LogP contribution in [0.2, 0.25) is 10.0 Å². The van der Waals surface area contributed by atoms with Crippen LogP contribution in [0, 0.1) is 0 Å². The number of amides is 2. The number of para-hydroxylation sites is 1. The Morgan fingerprint density at radius 3 is 2.13 bits per heavy atom. The Bertz CT molecular complexity index is 1050. The molecule has 2 aromatic rings. The normalized spacial score (nSPS) is 12.2. The number of sulfonamides is 1. The van der Waals surface area contributed by atoms with Gasteiger partial charge < -0.3 is 10.2 Å². The van der Waals surface area contributed by atoms with Gasteiger partial charge in [-0.05, 0) is 30.2 Å². The van der Waals surface area contributed by atoms with Crippen LogP contribution in [0.25, 0.3) is 0 Å². The van der Waals surface area contributed by atoms with E-state index in [2.05, 4.69) is 5.32 Å². The summed E-state index contributed by atoms with van der Waals surface area (Å²) in [5.41, 5.74) is 0.828. The van der Waals surface area contributed by atoms with Crippen LogP contribution in [-0.2, 0) is 26.2 Å². The molecule has 0 spiro atoms. The fourth-order valence-corrected chi connectivity index (χ4v) is 4.49. The van der Waals surface area contributed by atoms with Crippen molar-refractivity contribution >= 4 is 50.7 Å². The highest BCUT2D eigenvalue weighted by molar-refractivity contribution is 7.92. The number of carbonyl (C=O) groups is 2. The molecule has 0 aliphatic heterocycles. The summed E-state index contributed by atoms with van der Waals surface area (Å²) in [6.45, 7) is 1.31. The van der Waals surface area contributed by atoms with E-state index in [0.29, 0.717) is 17.0 Å². The van der Waals surface area contributed by atoms with Crippen molar-refractivity contribution in [1.82, 2.24) is 10.2 Å². The average Bonchev–Trinajstić information content (AvgIpc) is 2.72. The van der Waals surface area contributed by atoms with E-state index in [1.165, 1.54) is 18.0 Å². The molecule has 2 aromatic carbocycles. The number of benzene rings is 2. The second kappa shape index (κ2) is 10.8. The molecule has 0 aromatic heterocycles. The molecule has 2 rings (SSSR count). The average molecular weight is 486 g/mol. The fraction of sp³-hybridized carbons (Fsp3) is 0.333. The molecule has 10 heteroatoms. The van der Waals surface area contributed by atoms with Crippen molar-refractivity contribution in [2.45, 2.75) is 25.9 Å². The van der Waals surface area contributed by atoms with E-state index in [0.717, 1.165) is 10.6 Å². The van der Waals surface area contributed by atoms with Crippen LogP contribution in [0.4, 0.5) is 5.69 Å². The molecular formula is C21H25Cl2N3O4S. The highest BCUT2D eigenvalue weighted by Crippen LogP contribution is 2.28. The summed E-state index contributed by atoms with van der Waals surface area (Å²) in [7, 11) is -2.35. The lowest BCUT2D eigenvalue weighted by molar-refractivity contribution is -0.140. The smallest absolute Gasteiger partial charge is 0.244 e. The molecule has 31 heavy (non-hydrogen) atoms. The quantitative estimate of drug-likeness (QED) is 0.589. The summed E-state index contributed by atoms with van der Waals surface area (Å²) in [6.07, 6.45) is 1.33. The summed E-state index contributed by atoms with van der Waals surface area (Å²) in [5.74, 6) is -0.910. The van der Waals surface area contributed by atoms with Crippen LogP contribution in [0.5, 0.6) is 0 Å². The zero-order valence-electron chi connectivity index (χ0n) is 17.5. The minimum atomic E-state index is -3.83. The largest absolute Gasteiger partial charge is 0.357 e. The van der Waals surface area contributed by atoms with Gasteiger partial charge in [0.1, 0.15) is 12.6 Å². The first kappa shape index (κ1) is 25.0. The Morgan fingerprint density at radius 2 is 1.61 bits per heavy atom. The molecule has 7 nitrogen and oxygen atoms in total. The number of nitrogens with one attached hydrogen (secondary N) is 1. The topological polar surface area (TPSA) is 86.8 Å². The number of nitrogens with zero attached hydrogens (tertiary/aromatic N) is 2. The van der Waals surface area contributed by atoms with Crippen molar-refractivity contribution in [2.75, 3.05) is 24.2 Å². The molecule has 0 heterocycles. The van der Waals surface area contributed by atoms with Crippen LogP contribution in [-0.4, -0.2) is 51.0 Å². The molecule has 2 amide bonds. The highest BCUT2D eigenvalue weighted by Gasteiger charge is 2.32. The summed E-state index contributed by atoms with van der Waals surface area (Å²) < 4.78 is 25.9. The first-order valence-corrected chi connectivity index (χ1v) is 12.2. The zero-order chi connectivity index (χ0) is 23.2. The van der Waals surface area contributed by atoms with Crippen LogP contribution >= 0.6 is 23.2 Å². The third-order valence-electron chi connectivity index (χ3n) is 4.73. The molecule has 0 aliphatic rings. The fourth-order valence-electron chi connectivity index (χ4n) is 3.15. The molecule has 0 unspecified atom stereocenters. The van der Waals surface area contributed by atoms with Crippen LogP contribution in [0.3, 0.4) is 0 Å². The Kier molecular flexibility index (Phi) is 8.73. The molecule has 0 bridgehead atoms. The summed E-state index contributed by atoms with van der Waals surface area (Å²) in [6, 6.07) is 12.5. The summed E-state index contributed by atoms with van der Waals surface area (Å²) in [5, 5.41) is 3.19. The van der Waals surface area contributed by atoms with E-state index < -0.39 is 28.5 Å². The van der Waals surface area contributed by atoms with Gasteiger partial charge in [0.2, 0.25) is 21.8 Å². The van der Waals surface area contributed by atoms with E-state index in [1.54, 1.807) is 49.4 Å². The number of hydrogen-bond acceptors (Lipinski definition) is 4. The van der Waals surface area contributed by atoms with Gasteiger partial charge in [-0.3, -0.25) is 13.9 Å². The Morgan fingerprint density at radius 1 is 1.03 bits per heavy atom. The molecule has 1 atom stereocenters. The first-order chi connectivity index (χ1) is 14.6. The number of anilines is 1.